The molecule has 0 bridgehead atoms. The molecule has 106 valence electrons. The maximum absolute atomic E-state index is 9.62. The average molecular weight is 264 g/mol. The van der Waals surface area contributed by atoms with Crippen molar-refractivity contribution < 1.29 is 19.2 Å². The smallest absolute Gasteiger partial charge is 0.320 e. The monoisotopic (exact) mass is 264 g/mol. The van der Waals surface area contributed by atoms with Crippen LogP contribution in [0.1, 0.15) is 26.7 Å². The molecule has 0 aliphatic heterocycles. The van der Waals surface area contributed by atoms with Crippen LogP contribution < -0.4 is 33.6 Å². The van der Waals surface area contributed by atoms with E-state index in [2.05, 4.69) is 36.8 Å². The predicted molar refractivity (Wildman–Crippen MR) is 65.2 cm³/mol. The lowest BCUT2D eigenvalue weighted by molar-refractivity contribution is 0.235. The van der Waals surface area contributed by atoms with Gasteiger partial charge < -0.3 is 22.9 Å². The van der Waals surface area contributed by atoms with Gasteiger partial charge in [-0.3, -0.25) is 10.6 Å². The molecule has 0 aliphatic carbocycles. The molecule has 0 rings (SSSR count). The van der Waals surface area contributed by atoms with Crippen molar-refractivity contribution in [2.75, 3.05) is 0 Å². The number of carbonyl (C=O) groups excluding carboxylic acids is 4. The van der Waals surface area contributed by atoms with Crippen molar-refractivity contribution in [1.29, 1.82) is 0 Å². The Kier molecular flexibility index (Phi) is 16.8. The zero-order chi connectivity index (χ0) is 15.1. The van der Waals surface area contributed by atoms with E-state index in [0.717, 1.165) is 0 Å². The van der Waals surface area contributed by atoms with Crippen LogP contribution in [0.15, 0.2) is 0 Å². The minimum absolute atomic E-state index is 0.937. The first-order valence-corrected chi connectivity index (χ1v) is 4.89. The number of hydrogen-bond acceptors (Lipinski definition) is 4. The topological polar surface area (TPSA) is 196 Å². The Labute approximate surface area is 104 Å². The van der Waals surface area contributed by atoms with Gasteiger partial charge in [-0.15, -0.1) is 0 Å². The summed E-state index contributed by atoms with van der Waals surface area (Å²) in [6.07, 6.45) is 2.64. The van der Waals surface area contributed by atoms with Gasteiger partial charge in [0, 0.05) is 0 Å². The summed E-state index contributed by atoms with van der Waals surface area (Å²) in [6.45, 7) is 4.36. The highest BCUT2D eigenvalue weighted by Gasteiger charge is 1.92. The normalized spacial score (nSPS) is 7.44. The van der Waals surface area contributed by atoms with Crippen molar-refractivity contribution in [3.63, 3.8) is 0 Å². The third-order valence-corrected chi connectivity index (χ3v) is 0.993. The average Bonchev–Trinajstić information content (AvgIpc) is 2.14. The zero-order valence-electron chi connectivity index (χ0n) is 10.4. The van der Waals surface area contributed by atoms with Crippen LogP contribution in [0.3, 0.4) is 0 Å². The number of amides is 8. The number of nitrogens with one attached hydrogen (secondary N) is 2. The van der Waals surface area contributed by atoms with Crippen LogP contribution in [-0.2, 0) is 0 Å². The lowest BCUT2D eigenvalue weighted by Crippen LogP contribution is -2.38. The van der Waals surface area contributed by atoms with Crippen LogP contribution in [-0.4, -0.2) is 24.1 Å². The van der Waals surface area contributed by atoms with E-state index < -0.39 is 24.1 Å². The molecule has 0 spiro atoms. The number of carbonyl (C=O) groups is 4. The molecule has 0 saturated carbocycles. The van der Waals surface area contributed by atoms with E-state index in [0.29, 0.717) is 0 Å². The summed E-state index contributed by atoms with van der Waals surface area (Å²) < 4.78 is 0. The highest BCUT2D eigenvalue weighted by molar-refractivity contribution is 5.91. The highest BCUT2D eigenvalue weighted by atomic mass is 16.2. The summed E-state index contributed by atoms with van der Waals surface area (Å²) in [4.78, 5) is 38.5. The fourth-order valence-corrected chi connectivity index (χ4v) is 0.243. The minimum Gasteiger partial charge on any atom is -0.351 e. The van der Waals surface area contributed by atoms with Crippen LogP contribution in [0.4, 0.5) is 19.2 Å². The summed E-state index contributed by atoms with van der Waals surface area (Å²) in [5.74, 6) is 0. The first-order chi connectivity index (χ1) is 8.17. The van der Waals surface area contributed by atoms with Crippen LogP contribution in [0, 0.1) is 0 Å². The SMILES string of the molecule is CCCC.NC(=O)NC(N)=O.NC(=O)NC(N)=O. The molecule has 18 heavy (non-hydrogen) atoms. The van der Waals surface area contributed by atoms with E-state index in [1.165, 1.54) is 12.8 Å². The largest absolute Gasteiger partial charge is 0.351 e. The standard InChI is InChI=1S/C4H10.2C2H5N3O2/c1-3-4-2;2*3-1(6)5-2(4)7/h3-4H2,1-2H3;2*(H5,3,4,5,6,7). The fraction of sp³-hybridized carbons (Fsp3) is 0.500. The molecule has 0 unspecified atom stereocenters. The van der Waals surface area contributed by atoms with Gasteiger partial charge in [0.05, 0.1) is 0 Å². The van der Waals surface area contributed by atoms with E-state index >= 15 is 0 Å². The van der Waals surface area contributed by atoms with Gasteiger partial charge in [0.25, 0.3) is 0 Å². The lowest BCUT2D eigenvalue weighted by Gasteiger charge is -1.88. The summed E-state index contributed by atoms with van der Waals surface area (Å²) in [5.41, 5.74) is 17.8. The molecular formula is C8H20N6O4. The lowest BCUT2D eigenvalue weighted by atomic mass is 10.4. The van der Waals surface area contributed by atoms with E-state index in [9.17, 15) is 19.2 Å². The predicted octanol–water partition coefficient (Wildman–Crippen LogP) is -0.727. The van der Waals surface area contributed by atoms with E-state index in [-0.39, 0.29) is 0 Å². The van der Waals surface area contributed by atoms with Gasteiger partial charge in [0.2, 0.25) is 0 Å². The van der Waals surface area contributed by atoms with Gasteiger partial charge in [-0.1, -0.05) is 26.7 Å². The Morgan fingerprint density at radius 3 is 0.833 bits per heavy atom. The molecule has 0 atom stereocenters. The second-order valence-electron chi connectivity index (χ2n) is 2.71. The number of urea groups is 4. The van der Waals surface area contributed by atoms with Gasteiger partial charge in [-0.05, 0) is 0 Å². The van der Waals surface area contributed by atoms with Crippen molar-refractivity contribution in [2.45, 2.75) is 26.7 Å². The quantitative estimate of drug-likeness (QED) is 0.363. The Balaban J connectivity index is -0.000000196. The molecule has 0 aromatic carbocycles. The summed E-state index contributed by atoms with van der Waals surface area (Å²) in [5, 5.41) is 3.17. The number of nitrogens with two attached hydrogens (primary N) is 4. The van der Waals surface area contributed by atoms with Crippen LogP contribution in [0.2, 0.25) is 0 Å². The molecule has 10 heteroatoms. The minimum atomic E-state index is -0.938. The Hall–Kier alpha value is -2.52. The molecule has 0 aromatic heterocycles. The Morgan fingerprint density at radius 2 is 0.833 bits per heavy atom. The van der Waals surface area contributed by atoms with Crippen molar-refractivity contribution in [2.24, 2.45) is 22.9 Å². The second kappa shape index (κ2) is 14.5. The molecule has 0 fully saturated rings. The van der Waals surface area contributed by atoms with E-state index in [1.807, 2.05) is 0 Å². The van der Waals surface area contributed by atoms with Gasteiger partial charge in [0.15, 0.2) is 0 Å². The third-order valence-electron chi connectivity index (χ3n) is 0.993. The van der Waals surface area contributed by atoms with Gasteiger partial charge in [-0.25, -0.2) is 19.2 Å². The second-order valence-corrected chi connectivity index (χ2v) is 2.71. The summed E-state index contributed by atoms with van der Waals surface area (Å²) in [6, 6.07) is -3.75. The molecule has 0 aromatic rings. The number of unbranched alkanes of at least 4 members (excludes halogenated alkanes) is 1. The van der Waals surface area contributed by atoms with Crippen molar-refractivity contribution in [3.05, 3.63) is 0 Å². The molecule has 0 saturated heterocycles. The number of hydrogen-bond donors (Lipinski definition) is 6. The maximum Gasteiger partial charge on any atom is 0.320 e. The van der Waals surface area contributed by atoms with Crippen molar-refractivity contribution in [1.82, 2.24) is 10.6 Å². The van der Waals surface area contributed by atoms with Crippen LogP contribution >= 0.6 is 0 Å². The molecule has 0 heterocycles. The maximum atomic E-state index is 9.62. The Bertz CT molecular complexity index is 229. The third kappa shape index (κ3) is 50.0. The first kappa shape index (κ1) is 20.8. The van der Waals surface area contributed by atoms with Gasteiger partial charge >= 0.3 is 24.1 Å². The van der Waals surface area contributed by atoms with Crippen molar-refractivity contribution in [3.8, 4) is 0 Å². The van der Waals surface area contributed by atoms with Crippen molar-refractivity contribution >= 4 is 24.1 Å². The number of rotatable bonds is 1. The molecule has 10 N–H and O–H groups in total. The zero-order valence-corrected chi connectivity index (χ0v) is 10.4. The Morgan fingerprint density at radius 1 is 0.667 bits per heavy atom. The van der Waals surface area contributed by atoms with E-state index in [4.69, 9.17) is 0 Å². The fourth-order valence-electron chi connectivity index (χ4n) is 0.243. The molecular weight excluding hydrogens is 244 g/mol. The summed E-state index contributed by atoms with van der Waals surface area (Å²) >= 11 is 0. The van der Waals surface area contributed by atoms with E-state index in [1.54, 1.807) is 10.6 Å². The number of imide groups is 2. The van der Waals surface area contributed by atoms with Gasteiger partial charge in [-0.2, -0.15) is 0 Å². The van der Waals surface area contributed by atoms with Gasteiger partial charge in [0.1, 0.15) is 0 Å². The summed E-state index contributed by atoms with van der Waals surface area (Å²) in [7, 11) is 0. The van der Waals surface area contributed by atoms with Crippen LogP contribution in [0.25, 0.3) is 0 Å². The molecule has 0 radical (unpaired) electrons. The highest BCUT2D eigenvalue weighted by Crippen LogP contribution is 1.76. The molecule has 8 amide bonds. The number of primary amides is 4. The molecule has 0 aliphatic rings. The molecule has 10 nitrogen and oxygen atoms in total. The first-order valence-electron chi connectivity index (χ1n) is 4.89. The van der Waals surface area contributed by atoms with Crippen LogP contribution in [0.5, 0.6) is 0 Å².